The van der Waals surface area contributed by atoms with Crippen LogP contribution in [0.2, 0.25) is 0 Å². The monoisotopic (exact) mass is 365 g/mol. The zero-order chi connectivity index (χ0) is 18.8. The van der Waals surface area contributed by atoms with Gasteiger partial charge in [-0.3, -0.25) is 19.3 Å². The summed E-state index contributed by atoms with van der Waals surface area (Å²) >= 11 is 0. The number of piperazine rings is 1. The molecule has 2 aliphatic rings. The third-order valence-corrected chi connectivity index (χ3v) is 4.77. The fourth-order valence-electron chi connectivity index (χ4n) is 3.34. The molecule has 1 heterocycles. The Labute approximate surface area is 155 Å². The van der Waals surface area contributed by atoms with Crippen molar-refractivity contribution in [2.24, 2.45) is 0 Å². The Kier molecular flexibility index (Phi) is 8.61. The van der Waals surface area contributed by atoms with Crippen LogP contribution in [0, 0.1) is 0 Å². The highest BCUT2D eigenvalue weighted by Crippen LogP contribution is 2.19. The number of carbonyl (C=O) groups excluding carboxylic acids is 3. The summed E-state index contributed by atoms with van der Waals surface area (Å²) in [6.07, 6.45) is 8.65. The second kappa shape index (κ2) is 11.0. The van der Waals surface area contributed by atoms with Gasteiger partial charge in [-0.1, -0.05) is 18.6 Å². The summed E-state index contributed by atoms with van der Waals surface area (Å²) in [5.41, 5.74) is 1.42. The van der Waals surface area contributed by atoms with Crippen molar-refractivity contribution in [1.29, 1.82) is 0 Å². The van der Waals surface area contributed by atoms with Crippen LogP contribution in [0.5, 0.6) is 0 Å². The first kappa shape index (κ1) is 20.4. The van der Waals surface area contributed by atoms with Gasteiger partial charge in [-0.25, -0.2) is 0 Å². The van der Waals surface area contributed by atoms with Gasteiger partial charge in [0.05, 0.1) is 19.6 Å². The van der Waals surface area contributed by atoms with E-state index in [9.17, 15) is 14.4 Å². The molecule has 2 N–H and O–H groups in total. The summed E-state index contributed by atoms with van der Waals surface area (Å²) in [7, 11) is 0. The van der Waals surface area contributed by atoms with E-state index in [1.54, 1.807) is 4.90 Å². The maximum Gasteiger partial charge on any atom is 0.307 e. The van der Waals surface area contributed by atoms with E-state index in [1.165, 1.54) is 18.4 Å². The van der Waals surface area contributed by atoms with Crippen LogP contribution in [-0.4, -0.2) is 61.5 Å². The van der Waals surface area contributed by atoms with E-state index < -0.39 is 12.0 Å². The highest BCUT2D eigenvalue weighted by atomic mass is 16.5. The summed E-state index contributed by atoms with van der Waals surface area (Å²) in [6, 6.07) is -0.639. The summed E-state index contributed by atoms with van der Waals surface area (Å²) in [5.74, 6) is -0.726. The molecule has 2 rings (SSSR count). The molecule has 0 aromatic rings. The zero-order valence-electron chi connectivity index (χ0n) is 15.7. The fraction of sp³-hybridized carbons (Fsp3) is 0.737. The maximum absolute atomic E-state index is 12.2. The number of allylic oxidation sites excluding steroid dienone is 1. The van der Waals surface area contributed by atoms with Crippen LogP contribution in [0.4, 0.5) is 0 Å². The molecule has 1 fully saturated rings. The third-order valence-electron chi connectivity index (χ3n) is 4.77. The van der Waals surface area contributed by atoms with Gasteiger partial charge in [0, 0.05) is 19.6 Å². The Balaban J connectivity index is 1.78. The van der Waals surface area contributed by atoms with E-state index >= 15 is 0 Å². The molecule has 1 saturated heterocycles. The van der Waals surface area contributed by atoms with Crippen molar-refractivity contribution < 1.29 is 19.1 Å². The molecule has 1 atom stereocenters. The van der Waals surface area contributed by atoms with E-state index in [4.69, 9.17) is 4.74 Å². The van der Waals surface area contributed by atoms with Gasteiger partial charge in [-0.2, -0.15) is 0 Å². The van der Waals surface area contributed by atoms with Crippen LogP contribution in [0.25, 0.3) is 0 Å². The smallest absolute Gasteiger partial charge is 0.307 e. The Hall–Kier alpha value is -1.89. The molecule has 0 saturated carbocycles. The second-order valence-corrected chi connectivity index (χ2v) is 6.91. The number of nitrogens with one attached hydrogen (secondary N) is 2. The summed E-state index contributed by atoms with van der Waals surface area (Å²) < 4.78 is 5.08. The van der Waals surface area contributed by atoms with Crippen molar-refractivity contribution >= 4 is 17.8 Å². The predicted molar refractivity (Wildman–Crippen MR) is 98.4 cm³/mol. The first-order valence-electron chi connectivity index (χ1n) is 9.72. The van der Waals surface area contributed by atoms with Crippen LogP contribution in [0.15, 0.2) is 11.6 Å². The molecule has 1 aliphatic carbocycles. The lowest BCUT2D eigenvalue weighted by molar-refractivity contribution is -0.149. The van der Waals surface area contributed by atoms with Crippen molar-refractivity contribution in [3.63, 3.8) is 0 Å². The van der Waals surface area contributed by atoms with Gasteiger partial charge in [0.2, 0.25) is 11.8 Å². The maximum atomic E-state index is 12.2. The van der Waals surface area contributed by atoms with Gasteiger partial charge in [0.25, 0.3) is 0 Å². The van der Waals surface area contributed by atoms with Gasteiger partial charge in [0.15, 0.2) is 0 Å². The number of hydrogen-bond donors (Lipinski definition) is 2. The van der Waals surface area contributed by atoms with Crippen LogP contribution < -0.4 is 10.6 Å². The molecule has 0 aromatic heterocycles. The number of esters is 1. The molecule has 0 bridgehead atoms. The average Bonchev–Trinajstić information content (AvgIpc) is 2.64. The standard InChI is InChI=1S/C19H31N3O4/c1-2-12-26-18(24)13-16-19(25)21-10-11-22(16)14-17(23)20-9-8-15-6-4-3-5-7-15/h6,16H,2-5,7-14H2,1H3,(H,20,23)(H,21,25). The molecule has 1 unspecified atom stereocenters. The number of rotatable bonds is 9. The molecule has 2 amide bonds. The van der Waals surface area contributed by atoms with Crippen molar-refractivity contribution in [2.75, 3.05) is 32.8 Å². The number of carbonyl (C=O) groups is 3. The lowest BCUT2D eigenvalue weighted by Gasteiger charge is -2.33. The Morgan fingerprint density at radius 2 is 2.23 bits per heavy atom. The molecule has 146 valence electrons. The number of nitrogens with zero attached hydrogens (tertiary/aromatic N) is 1. The van der Waals surface area contributed by atoms with Gasteiger partial charge >= 0.3 is 5.97 Å². The quantitative estimate of drug-likeness (QED) is 0.473. The summed E-state index contributed by atoms with van der Waals surface area (Å²) in [6.45, 7) is 4.05. The highest BCUT2D eigenvalue weighted by molar-refractivity contribution is 5.88. The average molecular weight is 365 g/mol. The van der Waals surface area contributed by atoms with E-state index in [1.807, 2.05) is 6.92 Å². The highest BCUT2D eigenvalue weighted by Gasteiger charge is 2.33. The third kappa shape index (κ3) is 6.78. The second-order valence-electron chi connectivity index (χ2n) is 6.91. The van der Waals surface area contributed by atoms with Crippen LogP contribution >= 0.6 is 0 Å². The lowest BCUT2D eigenvalue weighted by atomic mass is 9.97. The van der Waals surface area contributed by atoms with Gasteiger partial charge < -0.3 is 15.4 Å². The van der Waals surface area contributed by atoms with Crippen LogP contribution in [0.1, 0.15) is 51.9 Å². The van der Waals surface area contributed by atoms with Crippen molar-refractivity contribution in [1.82, 2.24) is 15.5 Å². The molecule has 0 spiro atoms. The van der Waals surface area contributed by atoms with E-state index in [-0.39, 0.29) is 24.8 Å². The fourth-order valence-corrected chi connectivity index (χ4v) is 3.34. The Bertz CT molecular complexity index is 533. The molecule has 0 radical (unpaired) electrons. The number of amides is 2. The minimum atomic E-state index is -0.639. The van der Waals surface area contributed by atoms with E-state index in [2.05, 4.69) is 16.7 Å². The van der Waals surface area contributed by atoms with Crippen LogP contribution in [0.3, 0.4) is 0 Å². The van der Waals surface area contributed by atoms with Gasteiger partial charge in [0.1, 0.15) is 6.04 Å². The van der Waals surface area contributed by atoms with Gasteiger partial charge in [-0.15, -0.1) is 0 Å². The Morgan fingerprint density at radius 3 is 2.96 bits per heavy atom. The van der Waals surface area contributed by atoms with Crippen molar-refractivity contribution in [2.45, 2.75) is 57.9 Å². The largest absolute Gasteiger partial charge is 0.466 e. The molecular formula is C19H31N3O4. The minimum Gasteiger partial charge on any atom is -0.466 e. The SMILES string of the molecule is CCCOC(=O)CC1C(=O)NCCN1CC(=O)NCCC1=CCCCC1. The molecule has 7 heteroatoms. The zero-order valence-corrected chi connectivity index (χ0v) is 15.7. The number of hydrogen-bond acceptors (Lipinski definition) is 5. The first-order chi connectivity index (χ1) is 12.6. The van der Waals surface area contributed by atoms with Crippen molar-refractivity contribution in [3.05, 3.63) is 11.6 Å². The lowest BCUT2D eigenvalue weighted by Crippen LogP contribution is -2.58. The predicted octanol–water partition coefficient (Wildman–Crippen LogP) is 1.14. The summed E-state index contributed by atoms with van der Waals surface area (Å²) in [5, 5.41) is 5.69. The summed E-state index contributed by atoms with van der Waals surface area (Å²) in [4.78, 5) is 38.0. The molecule has 1 aliphatic heterocycles. The molecule has 7 nitrogen and oxygen atoms in total. The van der Waals surface area contributed by atoms with E-state index in [0.29, 0.717) is 26.2 Å². The van der Waals surface area contributed by atoms with E-state index in [0.717, 1.165) is 25.7 Å². The Morgan fingerprint density at radius 1 is 1.38 bits per heavy atom. The molecule has 26 heavy (non-hydrogen) atoms. The molecular weight excluding hydrogens is 334 g/mol. The number of ether oxygens (including phenoxy) is 1. The van der Waals surface area contributed by atoms with Crippen molar-refractivity contribution in [3.8, 4) is 0 Å². The molecule has 0 aromatic carbocycles. The first-order valence-corrected chi connectivity index (χ1v) is 9.72. The van der Waals surface area contributed by atoms with Crippen LogP contribution in [-0.2, 0) is 19.1 Å². The normalized spacial score (nSPS) is 20.9. The topological polar surface area (TPSA) is 87.7 Å². The van der Waals surface area contributed by atoms with Gasteiger partial charge in [-0.05, 0) is 38.5 Å². The minimum absolute atomic E-state index is 0.0218.